The average Bonchev–Trinajstić information content (AvgIpc) is 2.59. The molecule has 122 valence electrons. The minimum Gasteiger partial charge on any atom is -0.508 e. The zero-order valence-electron chi connectivity index (χ0n) is 13.5. The van der Waals surface area contributed by atoms with E-state index in [-0.39, 0.29) is 18.0 Å². The zero-order chi connectivity index (χ0) is 16.2. The van der Waals surface area contributed by atoms with Gasteiger partial charge >= 0.3 is 0 Å². The van der Waals surface area contributed by atoms with Gasteiger partial charge < -0.3 is 19.3 Å². The Hall–Kier alpha value is -2.20. The van der Waals surface area contributed by atoms with E-state index in [0.29, 0.717) is 12.4 Å². The highest BCUT2D eigenvalue weighted by molar-refractivity contribution is 5.43. The van der Waals surface area contributed by atoms with Gasteiger partial charge in [0.1, 0.15) is 23.4 Å². The lowest BCUT2D eigenvalue weighted by atomic mass is 9.94. The van der Waals surface area contributed by atoms with E-state index in [2.05, 4.69) is 6.92 Å². The molecule has 0 radical (unpaired) electrons. The van der Waals surface area contributed by atoms with Crippen LogP contribution in [-0.4, -0.2) is 24.9 Å². The first-order chi connectivity index (χ1) is 11.2. The van der Waals surface area contributed by atoms with Crippen LogP contribution in [0.4, 0.5) is 0 Å². The summed E-state index contributed by atoms with van der Waals surface area (Å²) in [5.41, 5.74) is 2.07. The summed E-state index contributed by atoms with van der Waals surface area (Å²) >= 11 is 0. The monoisotopic (exact) mass is 314 g/mol. The van der Waals surface area contributed by atoms with E-state index in [1.54, 1.807) is 19.2 Å². The second-order valence-electron chi connectivity index (χ2n) is 5.72. The summed E-state index contributed by atoms with van der Waals surface area (Å²) in [4.78, 5) is 0. The number of aromatic hydroxyl groups is 1. The van der Waals surface area contributed by atoms with E-state index in [1.165, 1.54) is 0 Å². The number of hydrogen-bond donors (Lipinski definition) is 1. The van der Waals surface area contributed by atoms with E-state index >= 15 is 0 Å². The maximum absolute atomic E-state index is 9.70. The lowest BCUT2D eigenvalue weighted by Crippen LogP contribution is -2.33. The highest BCUT2D eigenvalue weighted by Gasteiger charge is 2.32. The quantitative estimate of drug-likeness (QED) is 0.910. The SMILES string of the molecule is CCCO[C@@H]1Cc2ccc(O)cc2O[C@@H]1c1cccc(OC)c1. The van der Waals surface area contributed by atoms with Crippen molar-refractivity contribution in [1.82, 2.24) is 0 Å². The third kappa shape index (κ3) is 3.42. The molecule has 0 spiro atoms. The number of methoxy groups -OCH3 is 1. The molecule has 0 saturated heterocycles. The van der Waals surface area contributed by atoms with E-state index in [9.17, 15) is 5.11 Å². The minimum atomic E-state index is -0.217. The van der Waals surface area contributed by atoms with Gasteiger partial charge in [0, 0.05) is 19.1 Å². The highest BCUT2D eigenvalue weighted by Crippen LogP contribution is 2.39. The largest absolute Gasteiger partial charge is 0.508 e. The molecule has 4 heteroatoms. The Morgan fingerprint density at radius 1 is 1.22 bits per heavy atom. The summed E-state index contributed by atoms with van der Waals surface area (Å²) in [6.07, 6.45) is 1.45. The normalized spacial score (nSPS) is 19.7. The third-order valence-corrected chi connectivity index (χ3v) is 4.02. The lowest BCUT2D eigenvalue weighted by Gasteiger charge is -2.34. The predicted molar refractivity (Wildman–Crippen MR) is 88.2 cm³/mol. The van der Waals surface area contributed by atoms with Crippen LogP contribution in [-0.2, 0) is 11.2 Å². The molecule has 0 fully saturated rings. The molecule has 1 aliphatic rings. The third-order valence-electron chi connectivity index (χ3n) is 4.02. The lowest BCUT2D eigenvalue weighted by molar-refractivity contribution is -0.0374. The van der Waals surface area contributed by atoms with Crippen molar-refractivity contribution < 1.29 is 19.3 Å². The smallest absolute Gasteiger partial charge is 0.150 e. The molecule has 2 atom stereocenters. The first-order valence-corrected chi connectivity index (χ1v) is 7.95. The molecular formula is C19H22O4. The number of phenols is 1. The van der Waals surface area contributed by atoms with Gasteiger partial charge in [-0.3, -0.25) is 0 Å². The Bertz CT molecular complexity index is 668. The highest BCUT2D eigenvalue weighted by atomic mass is 16.5. The van der Waals surface area contributed by atoms with E-state index in [0.717, 1.165) is 29.7 Å². The molecule has 0 amide bonds. The molecule has 23 heavy (non-hydrogen) atoms. The van der Waals surface area contributed by atoms with Gasteiger partial charge in [0.15, 0.2) is 6.10 Å². The summed E-state index contributed by atoms with van der Waals surface area (Å²) in [5.74, 6) is 1.72. The molecule has 1 aliphatic heterocycles. The first kappa shape index (κ1) is 15.7. The zero-order valence-corrected chi connectivity index (χ0v) is 13.5. The Labute approximate surface area is 136 Å². The fourth-order valence-electron chi connectivity index (χ4n) is 2.87. The maximum Gasteiger partial charge on any atom is 0.150 e. The van der Waals surface area contributed by atoms with Gasteiger partial charge in [-0.05, 0) is 35.7 Å². The molecule has 2 aromatic carbocycles. The van der Waals surface area contributed by atoms with Crippen LogP contribution >= 0.6 is 0 Å². The number of benzene rings is 2. The standard InChI is InChI=1S/C19H22O4/c1-3-9-22-18-11-13-7-8-15(20)12-17(13)23-19(18)14-5-4-6-16(10-14)21-2/h4-8,10,12,18-20H,3,9,11H2,1-2H3/t18-,19-/m1/s1. The van der Waals surface area contributed by atoms with Gasteiger partial charge in [-0.1, -0.05) is 25.1 Å². The number of ether oxygens (including phenoxy) is 3. The van der Waals surface area contributed by atoms with E-state index in [1.807, 2.05) is 30.3 Å². The van der Waals surface area contributed by atoms with Crippen molar-refractivity contribution in [2.24, 2.45) is 0 Å². The van der Waals surface area contributed by atoms with Crippen LogP contribution in [0.3, 0.4) is 0 Å². The van der Waals surface area contributed by atoms with Gasteiger partial charge in [0.2, 0.25) is 0 Å². The Morgan fingerprint density at radius 3 is 2.87 bits per heavy atom. The van der Waals surface area contributed by atoms with Crippen molar-refractivity contribution >= 4 is 0 Å². The summed E-state index contributed by atoms with van der Waals surface area (Å²) in [7, 11) is 1.65. The van der Waals surface area contributed by atoms with E-state index < -0.39 is 0 Å². The molecule has 4 nitrogen and oxygen atoms in total. The molecule has 0 unspecified atom stereocenters. The number of hydrogen-bond acceptors (Lipinski definition) is 4. The van der Waals surface area contributed by atoms with Crippen LogP contribution in [0.1, 0.15) is 30.6 Å². The molecule has 3 rings (SSSR count). The van der Waals surface area contributed by atoms with Gasteiger partial charge in [0.25, 0.3) is 0 Å². The fraction of sp³-hybridized carbons (Fsp3) is 0.368. The predicted octanol–water partition coefficient (Wildman–Crippen LogP) is 3.87. The van der Waals surface area contributed by atoms with Crippen LogP contribution in [0.2, 0.25) is 0 Å². The van der Waals surface area contributed by atoms with Crippen LogP contribution < -0.4 is 9.47 Å². The topological polar surface area (TPSA) is 47.9 Å². The van der Waals surface area contributed by atoms with Crippen LogP contribution in [0.15, 0.2) is 42.5 Å². The van der Waals surface area contributed by atoms with Crippen molar-refractivity contribution in [2.45, 2.75) is 32.0 Å². The summed E-state index contributed by atoms with van der Waals surface area (Å²) < 4.78 is 17.5. The van der Waals surface area contributed by atoms with Crippen molar-refractivity contribution in [3.05, 3.63) is 53.6 Å². The Morgan fingerprint density at radius 2 is 2.09 bits per heavy atom. The van der Waals surface area contributed by atoms with Crippen molar-refractivity contribution in [2.75, 3.05) is 13.7 Å². The van der Waals surface area contributed by atoms with Gasteiger partial charge in [0.05, 0.1) is 7.11 Å². The van der Waals surface area contributed by atoms with Crippen LogP contribution in [0.5, 0.6) is 17.2 Å². The molecule has 0 bridgehead atoms. The average molecular weight is 314 g/mol. The molecule has 1 N–H and O–H groups in total. The van der Waals surface area contributed by atoms with Gasteiger partial charge in [-0.2, -0.15) is 0 Å². The van der Waals surface area contributed by atoms with Crippen LogP contribution in [0.25, 0.3) is 0 Å². The van der Waals surface area contributed by atoms with Crippen molar-refractivity contribution in [1.29, 1.82) is 0 Å². The summed E-state index contributed by atoms with van der Waals surface area (Å²) in [6.45, 7) is 2.79. The first-order valence-electron chi connectivity index (χ1n) is 7.95. The molecule has 0 aliphatic carbocycles. The molecule has 2 aromatic rings. The molecule has 1 heterocycles. The molecular weight excluding hydrogens is 292 g/mol. The fourth-order valence-corrected chi connectivity index (χ4v) is 2.87. The van der Waals surface area contributed by atoms with Gasteiger partial charge in [-0.15, -0.1) is 0 Å². The minimum absolute atomic E-state index is 0.0564. The molecule has 0 saturated carbocycles. The summed E-state index contributed by atoms with van der Waals surface area (Å²) in [6, 6.07) is 13.1. The number of rotatable bonds is 5. The van der Waals surface area contributed by atoms with E-state index in [4.69, 9.17) is 14.2 Å². The Kier molecular flexibility index (Phi) is 4.72. The molecule has 0 aromatic heterocycles. The maximum atomic E-state index is 9.70. The second-order valence-corrected chi connectivity index (χ2v) is 5.72. The Balaban J connectivity index is 1.93. The summed E-state index contributed by atoms with van der Waals surface area (Å²) in [5, 5.41) is 9.70. The van der Waals surface area contributed by atoms with Crippen molar-refractivity contribution in [3.63, 3.8) is 0 Å². The number of fused-ring (bicyclic) bond motifs is 1. The number of phenolic OH excluding ortho intramolecular Hbond substituents is 1. The van der Waals surface area contributed by atoms with Crippen molar-refractivity contribution in [3.8, 4) is 17.2 Å². The second kappa shape index (κ2) is 6.92. The van der Waals surface area contributed by atoms with Crippen LogP contribution in [0, 0.1) is 0 Å². The van der Waals surface area contributed by atoms with Gasteiger partial charge in [-0.25, -0.2) is 0 Å².